The number of ether oxygens (including phenoxy) is 1. The van der Waals surface area contributed by atoms with Crippen LogP contribution in [0.4, 0.5) is 0 Å². The van der Waals surface area contributed by atoms with Crippen molar-refractivity contribution in [2.75, 3.05) is 6.54 Å². The van der Waals surface area contributed by atoms with E-state index in [2.05, 4.69) is 34.9 Å². The van der Waals surface area contributed by atoms with Crippen molar-refractivity contribution in [1.82, 2.24) is 10.6 Å². The Bertz CT molecular complexity index is 519. The van der Waals surface area contributed by atoms with Gasteiger partial charge < -0.3 is 15.4 Å². The molecule has 2 aliphatic rings. The van der Waals surface area contributed by atoms with Crippen molar-refractivity contribution < 1.29 is 9.53 Å². The first-order chi connectivity index (χ1) is 10.5. The van der Waals surface area contributed by atoms with Crippen LogP contribution >= 0.6 is 0 Å². The van der Waals surface area contributed by atoms with Crippen molar-refractivity contribution >= 4 is 5.91 Å². The van der Waals surface area contributed by atoms with E-state index in [0.29, 0.717) is 12.6 Å². The van der Waals surface area contributed by atoms with Crippen LogP contribution in [0.15, 0.2) is 30.3 Å². The molecular formula is C18H26N2O2. The first-order valence-electron chi connectivity index (χ1n) is 8.25. The maximum Gasteiger partial charge on any atom is 0.251 e. The lowest BCUT2D eigenvalue weighted by Crippen LogP contribution is -2.62. The number of amides is 1. The molecule has 1 saturated heterocycles. The number of carbonyl (C=O) groups is 1. The Labute approximate surface area is 132 Å². The Kier molecular flexibility index (Phi) is 4.24. The van der Waals surface area contributed by atoms with Crippen LogP contribution in [-0.4, -0.2) is 29.7 Å². The lowest BCUT2D eigenvalue weighted by Gasteiger charge is -2.48. The fraction of sp³-hybridized carbons (Fsp3) is 0.611. The van der Waals surface area contributed by atoms with Crippen LogP contribution in [0.1, 0.15) is 45.1 Å². The lowest BCUT2D eigenvalue weighted by atomic mass is 9.80. The van der Waals surface area contributed by atoms with E-state index in [0.717, 1.165) is 32.2 Å². The van der Waals surface area contributed by atoms with Gasteiger partial charge in [-0.15, -0.1) is 0 Å². The maximum atomic E-state index is 11.8. The molecule has 3 rings (SSSR count). The van der Waals surface area contributed by atoms with Crippen molar-refractivity contribution in [3.8, 4) is 0 Å². The van der Waals surface area contributed by atoms with Crippen molar-refractivity contribution in [3.05, 3.63) is 35.9 Å². The quantitative estimate of drug-likeness (QED) is 0.901. The second-order valence-electron chi connectivity index (χ2n) is 7.12. The second kappa shape index (κ2) is 6.01. The maximum absolute atomic E-state index is 11.8. The van der Waals surface area contributed by atoms with Crippen LogP contribution in [0.25, 0.3) is 0 Å². The number of nitrogens with one attached hydrogen (secondary N) is 2. The second-order valence-corrected chi connectivity index (χ2v) is 7.12. The monoisotopic (exact) mass is 302 g/mol. The molecule has 1 aromatic rings. The van der Waals surface area contributed by atoms with E-state index in [-0.39, 0.29) is 11.5 Å². The van der Waals surface area contributed by atoms with E-state index in [1.807, 2.05) is 19.9 Å². The molecule has 1 amide bonds. The molecule has 120 valence electrons. The molecule has 1 aliphatic carbocycles. The highest BCUT2D eigenvalue weighted by molar-refractivity contribution is 5.85. The molecule has 0 unspecified atom stereocenters. The average molecular weight is 302 g/mol. The molecule has 2 fully saturated rings. The molecule has 1 aliphatic heterocycles. The third-order valence-electron chi connectivity index (χ3n) is 4.92. The van der Waals surface area contributed by atoms with E-state index in [1.54, 1.807) is 0 Å². The zero-order chi connectivity index (χ0) is 15.6. The summed E-state index contributed by atoms with van der Waals surface area (Å²) in [6, 6.07) is 11.0. The van der Waals surface area contributed by atoms with Gasteiger partial charge in [-0.3, -0.25) is 4.79 Å². The van der Waals surface area contributed by atoms with Crippen LogP contribution in [0.2, 0.25) is 0 Å². The molecular weight excluding hydrogens is 276 g/mol. The van der Waals surface area contributed by atoms with Crippen molar-refractivity contribution in [3.63, 3.8) is 0 Å². The predicted octanol–water partition coefficient (Wildman–Crippen LogP) is 2.38. The molecule has 4 heteroatoms. The minimum absolute atomic E-state index is 0.00227. The van der Waals surface area contributed by atoms with Gasteiger partial charge in [-0.05, 0) is 45.1 Å². The molecule has 1 spiro atoms. The summed E-state index contributed by atoms with van der Waals surface area (Å²) in [5.41, 5.74) is 0.454. The minimum atomic E-state index is -0.706. The van der Waals surface area contributed by atoms with E-state index < -0.39 is 5.60 Å². The van der Waals surface area contributed by atoms with Gasteiger partial charge in [0.2, 0.25) is 0 Å². The Balaban J connectivity index is 1.51. The molecule has 1 heterocycles. The summed E-state index contributed by atoms with van der Waals surface area (Å²) in [5.74, 6) is 0.00227. The Morgan fingerprint density at radius 1 is 1.23 bits per heavy atom. The lowest BCUT2D eigenvalue weighted by molar-refractivity contribution is -0.192. The van der Waals surface area contributed by atoms with Gasteiger partial charge in [-0.25, -0.2) is 0 Å². The SMILES string of the molecule is CC1(C)O[C@]2(CC[C@@H](NCc3ccccc3)CC2)CNC1=O. The number of hydrogen-bond donors (Lipinski definition) is 2. The standard InChI is InChI=1S/C18H26N2O2/c1-17(2)16(21)20-13-18(22-17)10-8-15(9-11-18)19-12-14-6-4-3-5-7-14/h3-7,15,19H,8-13H2,1-2H3,(H,20,21)/t15-,18+. The molecule has 2 N–H and O–H groups in total. The van der Waals surface area contributed by atoms with Gasteiger partial charge in [-0.1, -0.05) is 30.3 Å². The normalized spacial score (nSPS) is 31.0. The van der Waals surface area contributed by atoms with E-state index in [9.17, 15) is 4.79 Å². The summed E-state index contributed by atoms with van der Waals surface area (Å²) in [6.07, 6.45) is 4.20. The molecule has 1 saturated carbocycles. The van der Waals surface area contributed by atoms with Crippen molar-refractivity contribution in [1.29, 1.82) is 0 Å². The smallest absolute Gasteiger partial charge is 0.251 e. The fourth-order valence-electron chi connectivity index (χ4n) is 3.56. The van der Waals surface area contributed by atoms with Crippen LogP contribution in [0.5, 0.6) is 0 Å². The summed E-state index contributed by atoms with van der Waals surface area (Å²) in [7, 11) is 0. The zero-order valence-electron chi connectivity index (χ0n) is 13.5. The van der Waals surface area contributed by atoms with E-state index in [1.165, 1.54) is 5.56 Å². The number of hydrogen-bond acceptors (Lipinski definition) is 3. The third kappa shape index (κ3) is 3.33. The average Bonchev–Trinajstić information content (AvgIpc) is 2.52. The number of morpholine rings is 1. The van der Waals surface area contributed by atoms with Gasteiger partial charge in [-0.2, -0.15) is 0 Å². The number of carbonyl (C=O) groups excluding carboxylic acids is 1. The van der Waals surface area contributed by atoms with Gasteiger partial charge >= 0.3 is 0 Å². The third-order valence-corrected chi connectivity index (χ3v) is 4.92. The van der Waals surface area contributed by atoms with Gasteiger partial charge in [0.1, 0.15) is 5.60 Å². The summed E-state index contributed by atoms with van der Waals surface area (Å²) < 4.78 is 6.19. The van der Waals surface area contributed by atoms with Gasteiger partial charge in [0.25, 0.3) is 5.91 Å². The number of benzene rings is 1. The molecule has 0 radical (unpaired) electrons. The van der Waals surface area contributed by atoms with E-state index in [4.69, 9.17) is 4.74 Å². The Hall–Kier alpha value is -1.39. The Morgan fingerprint density at radius 2 is 1.91 bits per heavy atom. The summed E-state index contributed by atoms with van der Waals surface area (Å²) in [6.45, 7) is 5.30. The molecule has 22 heavy (non-hydrogen) atoms. The topological polar surface area (TPSA) is 50.4 Å². The van der Waals surface area contributed by atoms with E-state index >= 15 is 0 Å². The fourth-order valence-corrected chi connectivity index (χ4v) is 3.56. The Morgan fingerprint density at radius 3 is 2.55 bits per heavy atom. The van der Waals surface area contributed by atoms with Gasteiger partial charge in [0.15, 0.2) is 0 Å². The largest absolute Gasteiger partial charge is 0.357 e. The van der Waals surface area contributed by atoms with Gasteiger partial charge in [0, 0.05) is 19.1 Å². The number of rotatable bonds is 3. The van der Waals surface area contributed by atoms with Crippen molar-refractivity contribution in [2.45, 2.75) is 63.3 Å². The highest BCUT2D eigenvalue weighted by atomic mass is 16.5. The first-order valence-corrected chi connectivity index (χ1v) is 8.25. The van der Waals surface area contributed by atoms with Crippen molar-refractivity contribution in [2.24, 2.45) is 0 Å². The summed E-state index contributed by atoms with van der Waals surface area (Å²) >= 11 is 0. The molecule has 0 bridgehead atoms. The van der Waals surface area contributed by atoms with Crippen LogP contribution in [0.3, 0.4) is 0 Å². The van der Waals surface area contributed by atoms with Crippen LogP contribution < -0.4 is 10.6 Å². The van der Waals surface area contributed by atoms with Crippen LogP contribution in [0, 0.1) is 0 Å². The molecule has 0 atom stereocenters. The summed E-state index contributed by atoms with van der Waals surface area (Å²) in [4.78, 5) is 11.8. The molecule has 1 aromatic carbocycles. The zero-order valence-corrected chi connectivity index (χ0v) is 13.5. The molecule has 0 aromatic heterocycles. The molecule has 4 nitrogen and oxygen atoms in total. The van der Waals surface area contributed by atoms with Gasteiger partial charge in [0.05, 0.1) is 5.60 Å². The minimum Gasteiger partial charge on any atom is -0.357 e. The predicted molar refractivity (Wildman–Crippen MR) is 86.4 cm³/mol. The van der Waals surface area contributed by atoms with Crippen LogP contribution in [-0.2, 0) is 16.1 Å². The summed E-state index contributed by atoms with van der Waals surface area (Å²) in [5, 5.41) is 6.67. The highest BCUT2D eigenvalue weighted by Gasteiger charge is 2.47. The highest BCUT2D eigenvalue weighted by Crippen LogP contribution is 2.37. The first kappa shape index (κ1) is 15.5.